The van der Waals surface area contributed by atoms with Gasteiger partial charge in [-0.3, -0.25) is 0 Å². The standard InChI is InChI=1S/C7H9N.CHNS/c8-6-7-4-2-1-3-5-7;2-1-3/h1-5H,6,8H2;3H. The molecular formula is C8H10N2S. The Balaban J connectivity index is 0.000000292. The van der Waals surface area contributed by atoms with Crippen molar-refractivity contribution >= 4 is 12.6 Å². The normalized spacial score (nSPS) is 7.36. The second kappa shape index (κ2) is 7.13. The number of nitrogens with two attached hydrogens (primary N) is 1. The highest BCUT2D eigenvalue weighted by Crippen LogP contribution is 1.94. The van der Waals surface area contributed by atoms with E-state index in [0.29, 0.717) is 6.54 Å². The zero-order chi connectivity index (χ0) is 8.53. The summed E-state index contributed by atoms with van der Waals surface area (Å²) in [6.07, 6.45) is 0. The summed E-state index contributed by atoms with van der Waals surface area (Å²) in [5.74, 6) is 0. The van der Waals surface area contributed by atoms with Gasteiger partial charge < -0.3 is 5.73 Å². The summed E-state index contributed by atoms with van der Waals surface area (Å²) in [4.78, 5) is 0. The second-order valence-corrected chi connectivity index (χ2v) is 1.99. The molecule has 0 fully saturated rings. The number of hydrogen-bond acceptors (Lipinski definition) is 3. The summed E-state index contributed by atoms with van der Waals surface area (Å²) in [7, 11) is 0. The van der Waals surface area contributed by atoms with E-state index in [1.807, 2.05) is 30.3 Å². The molecule has 0 radical (unpaired) electrons. The predicted molar refractivity (Wildman–Crippen MR) is 48.9 cm³/mol. The van der Waals surface area contributed by atoms with Crippen LogP contribution < -0.4 is 5.73 Å². The number of nitriles is 1. The van der Waals surface area contributed by atoms with Gasteiger partial charge in [-0.1, -0.05) is 43.0 Å². The maximum Gasteiger partial charge on any atom is 0.130 e. The second-order valence-electron chi connectivity index (χ2n) is 1.79. The molecule has 0 aromatic heterocycles. The first-order valence-electron chi connectivity index (χ1n) is 3.12. The lowest BCUT2D eigenvalue weighted by molar-refractivity contribution is 1.07. The van der Waals surface area contributed by atoms with Gasteiger partial charge >= 0.3 is 0 Å². The molecule has 0 saturated carbocycles. The Morgan fingerprint density at radius 3 is 2.09 bits per heavy atom. The molecule has 58 valence electrons. The van der Waals surface area contributed by atoms with E-state index >= 15 is 0 Å². The lowest BCUT2D eigenvalue weighted by Gasteiger charge is -1.90. The van der Waals surface area contributed by atoms with Crippen molar-refractivity contribution in [1.29, 1.82) is 5.26 Å². The molecular weight excluding hydrogens is 156 g/mol. The Kier molecular flexibility index (Phi) is 6.50. The first kappa shape index (κ1) is 10.0. The van der Waals surface area contributed by atoms with Gasteiger partial charge in [-0.05, 0) is 5.56 Å². The largest absolute Gasteiger partial charge is 0.326 e. The third-order valence-electron chi connectivity index (χ3n) is 1.08. The Hall–Kier alpha value is -0.980. The van der Waals surface area contributed by atoms with Crippen LogP contribution >= 0.6 is 12.6 Å². The Morgan fingerprint density at radius 1 is 1.36 bits per heavy atom. The lowest BCUT2D eigenvalue weighted by Crippen LogP contribution is -1.94. The van der Waals surface area contributed by atoms with E-state index in [1.165, 1.54) is 11.0 Å². The highest BCUT2D eigenvalue weighted by atomic mass is 32.1. The summed E-state index contributed by atoms with van der Waals surface area (Å²) in [5.41, 5.74) is 6.54. The van der Waals surface area contributed by atoms with Crippen molar-refractivity contribution in [1.82, 2.24) is 0 Å². The topological polar surface area (TPSA) is 49.8 Å². The van der Waals surface area contributed by atoms with Crippen molar-refractivity contribution in [2.24, 2.45) is 5.73 Å². The molecule has 1 aromatic rings. The third-order valence-corrected chi connectivity index (χ3v) is 1.08. The molecule has 0 amide bonds. The molecule has 0 aliphatic carbocycles. The first-order chi connectivity index (χ1) is 5.35. The maximum atomic E-state index is 7.18. The van der Waals surface area contributed by atoms with Gasteiger partial charge in [0.1, 0.15) is 5.40 Å². The molecule has 11 heavy (non-hydrogen) atoms. The number of thiocyanates is 1. The van der Waals surface area contributed by atoms with Gasteiger partial charge in [0.2, 0.25) is 0 Å². The molecule has 0 unspecified atom stereocenters. The van der Waals surface area contributed by atoms with Gasteiger partial charge in [0.05, 0.1) is 0 Å². The molecule has 0 bridgehead atoms. The van der Waals surface area contributed by atoms with Crippen molar-refractivity contribution in [3.05, 3.63) is 35.9 Å². The van der Waals surface area contributed by atoms with E-state index in [9.17, 15) is 0 Å². The number of nitrogens with zero attached hydrogens (tertiary/aromatic N) is 1. The van der Waals surface area contributed by atoms with Gasteiger partial charge in [0.15, 0.2) is 0 Å². The summed E-state index contributed by atoms with van der Waals surface area (Å²) in [6.45, 7) is 0.640. The van der Waals surface area contributed by atoms with Crippen LogP contribution in [0, 0.1) is 10.7 Å². The van der Waals surface area contributed by atoms with Gasteiger partial charge in [0, 0.05) is 6.54 Å². The number of benzene rings is 1. The van der Waals surface area contributed by atoms with Crippen molar-refractivity contribution in [2.75, 3.05) is 0 Å². The molecule has 0 aliphatic rings. The fourth-order valence-corrected chi connectivity index (χ4v) is 0.614. The van der Waals surface area contributed by atoms with Gasteiger partial charge in [-0.15, -0.1) is 0 Å². The van der Waals surface area contributed by atoms with E-state index < -0.39 is 0 Å². The van der Waals surface area contributed by atoms with E-state index in [4.69, 9.17) is 11.0 Å². The number of rotatable bonds is 1. The summed E-state index contributed by atoms with van der Waals surface area (Å²) in [5, 5.41) is 8.63. The monoisotopic (exact) mass is 166 g/mol. The van der Waals surface area contributed by atoms with Crippen molar-refractivity contribution < 1.29 is 0 Å². The average Bonchev–Trinajstić information content (AvgIpc) is 2.08. The zero-order valence-electron chi connectivity index (χ0n) is 6.07. The van der Waals surface area contributed by atoms with E-state index in [1.54, 1.807) is 0 Å². The molecule has 0 saturated heterocycles. The number of hydrogen-bond donors (Lipinski definition) is 2. The summed E-state index contributed by atoms with van der Waals surface area (Å²) in [6, 6.07) is 9.99. The lowest BCUT2D eigenvalue weighted by atomic mass is 10.2. The smallest absolute Gasteiger partial charge is 0.130 e. The van der Waals surface area contributed by atoms with Gasteiger partial charge in [-0.2, -0.15) is 5.26 Å². The highest BCUT2D eigenvalue weighted by Gasteiger charge is 1.80. The van der Waals surface area contributed by atoms with Gasteiger partial charge in [0.25, 0.3) is 0 Å². The summed E-state index contributed by atoms with van der Waals surface area (Å²) >= 11 is 3.09. The average molecular weight is 166 g/mol. The van der Waals surface area contributed by atoms with Crippen molar-refractivity contribution in [2.45, 2.75) is 6.54 Å². The van der Waals surface area contributed by atoms with Crippen molar-refractivity contribution in [3.8, 4) is 5.40 Å². The molecule has 2 nitrogen and oxygen atoms in total. The number of thiol groups is 1. The van der Waals surface area contributed by atoms with E-state index in [2.05, 4.69) is 12.6 Å². The van der Waals surface area contributed by atoms with Crippen LogP contribution in [0.15, 0.2) is 30.3 Å². The third kappa shape index (κ3) is 5.46. The molecule has 0 atom stereocenters. The fourth-order valence-electron chi connectivity index (χ4n) is 0.614. The molecule has 2 N–H and O–H groups in total. The van der Waals surface area contributed by atoms with Crippen LogP contribution in [0.3, 0.4) is 0 Å². The Bertz CT molecular complexity index is 215. The van der Waals surface area contributed by atoms with Crippen LogP contribution in [0.25, 0.3) is 0 Å². The molecule has 1 aromatic carbocycles. The molecule has 0 aliphatic heterocycles. The van der Waals surface area contributed by atoms with E-state index in [0.717, 1.165) is 0 Å². The molecule has 0 heterocycles. The minimum absolute atomic E-state index is 0.640. The van der Waals surface area contributed by atoms with Crippen LogP contribution in [-0.2, 0) is 6.54 Å². The van der Waals surface area contributed by atoms with Crippen LogP contribution in [0.2, 0.25) is 0 Å². The highest BCUT2D eigenvalue weighted by molar-refractivity contribution is 7.85. The minimum Gasteiger partial charge on any atom is -0.326 e. The van der Waals surface area contributed by atoms with Crippen LogP contribution in [0.4, 0.5) is 0 Å². The minimum atomic E-state index is 0.640. The van der Waals surface area contributed by atoms with Crippen LogP contribution in [0.5, 0.6) is 0 Å². The molecule has 0 spiro atoms. The van der Waals surface area contributed by atoms with Crippen LogP contribution in [-0.4, -0.2) is 0 Å². The Labute approximate surface area is 72.1 Å². The predicted octanol–water partition coefficient (Wildman–Crippen LogP) is 1.54. The maximum absolute atomic E-state index is 7.18. The van der Waals surface area contributed by atoms with Crippen molar-refractivity contribution in [3.63, 3.8) is 0 Å². The van der Waals surface area contributed by atoms with Gasteiger partial charge in [-0.25, -0.2) is 0 Å². The van der Waals surface area contributed by atoms with E-state index in [-0.39, 0.29) is 0 Å². The molecule has 1 rings (SSSR count). The summed E-state index contributed by atoms with van der Waals surface area (Å²) < 4.78 is 0. The Morgan fingerprint density at radius 2 is 1.82 bits per heavy atom. The quantitative estimate of drug-likeness (QED) is 0.491. The zero-order valence-corrected chi connectivity index (χ0v) is 6.96. The van der Waals surface area contributed by atoms with Crippen LogP contribution in [0.1, 0.15) is 5.56 Å². The first-order valence-corrected chi connectivity index (χ1v) is 3.57. The fraction of sp³-hybridized carbons (Fsp3) is 0.125. The molecule has 3 heteroatoms. The SMILES string of the molecule is N#CS.NCc1ccccc1.